The number of aryl methyl sites for hydroxylation is 1. The molecule has 1 heterocycles. The number of carbonyl (C=O) groups excluding carboxylic acids is 1. The molecule has 2 aromatic rings. The molecule has 1 aromatic heterocycles. The van der Waals surface area contributed by atoms with E-state index in [1.807, 2.05) is 37.3 Å². The highest BCUT2D eigenvalue weighted by Gasteiger charge is 2.09. The van der Waals surface area contributed by atoms with Gasteiger partial charge in [-0.3, -0.25) is 9.78 Å². The maximum absolute atomic E-state index is 12.2. The molecule has 0 saturated heterocycles. The first kappa shape index (κ1) is 14.1. The Morgan fingerprint density at radius 3 is 2.80 bits per heavy atom. The van der Waals surface area contributed by atoms with Crippen molar-refractivity contribution in [3.8, 4) is 0 Å². The fourth-order valence-corrected chi connectivity index (χ4v) is 1.83. The number of hydrogen-bond donors (Lipinski definition) is 2. The summed E-state index contributed by atoms with van der Waals surface area (Å²) in [6.45, 7) is 4.94. The smallest absolute Gasteiger partial charge is 0.274 e. The molecule has 0 unspecified atom stereocenters. The Bertz CT molecular complexity index is 596. The highest BCUT2D eigenvalue weighted by Crippen LogP contribution is 2.15. The van der Waals surface area contributed by atoms with Gasteiger partial charge in [-0.15, -0.1) is 0 Å². The molecule has 2 rings (SSSR count). The number of rotatable bonds is 5. The Labute approximate surface area is 119 Å². The molecule has 0 aliphatic carbocycles. The summed E-state index contributed by atoms with van der Waals surface area (Å²) in [6, 6.07) is 11.3. The number of benzene rings is 1. The Morgan fingerprint density at radius 2 is 2.05 bits per heavy atom. The quantitative estimate of drug-likeness (QED) is 0.874. The number of carbonyl (C=O) groups is 1. The van der Waals surface area contributed by atoms with Gasteiger partial charge in [-0.1, -0.05) is 25.1 Å². The number of hydrogen-bond acceptors (Lipinski definition) is 3. The Balaban J connectivity index is 2.11. The van der Waals surface area contributed by atoms with E-state index in [1.54, 1.807) is 12.3 Å². The number of aromatic nitrogens is 1. The van der Waals surface area contributed by atoms with Gasteiger partial charge >= 0.3 is 0 Å². The van der Waals surface area contributed by atoms with Crippen molar-refractivity contribution >= 4 is 17.3 Å². The van der Waals surface area contributed by atoms with Gasteiger partial charge in [0.05, 0.1) is 0 Å². The lowest BCUT2D eigenvalue weighted by atomic mass is 10.2. The summed E-state index contributed by atoms with van der Waals surface area (Å²) in [5.41, 5.74) is 3.17. The first-order valence-corrected chi connectivity index (χ1v) is 6.77. The Morgan fingerprint density at radius 1 is 1.25 bits per heavy atom. The molecular formula is C16H19N3O. The van der Waals surface area contributed by atoms with Crippen LogP contribution in [0.15, 0.2) is 42.6 Å². The summed E-state index contributed by atoms with van der Waals surface area (Å²) < 4.78 is 0. The highest BCUT2D eigenvalue weighted by atomic mass is 16.1. The van der Waals surface area contributed by atoms with Gasteiger partial charge in [-0.2, -0.15) is 0 Å². The minimum atomic E-state index is -0.195. The van der Waals surface area contributed by atoms with Gasteiger partial charge in [0.25, 0.3) is 5.91 Å². The predicted octanol–water partition coefficient (Wildman–Crippen LogP) is 3.46. The van der Waals surface area contributed by atoms with Gasteiger partial charge < -0.3 is 10.6 Å². The van der Waals surface area contributed by atoms with Crippen molar-refractivity contribution in [2.75, 3.05) is 17.2 Å². The summed E-state index contributed by atoms with van der Waals surface area (Å²) in [5, 5.41) is 6.13. The molecule has 2 N–H and O–H groups in total. The van der Waals surface area contributed by atoms with E-state index >= 15 is 0 Å². The third kappa shape index (κ3) is 3.57. The normalized spacial score (nSPS) is 10.1. The number of amides is 1. The molecule has 20 heavy (non-hydrogen) atoms. The number of nitrogens with zero attached hydrogens (tertiary/aromatic N) is 1. The molecule has 0 fully saturated rings. The molecule has 0 bridgehead atoms. The summed E-state index contributed by atoms with van der Waals surface area (Å²) >= 11 is 0. The number of nitrogens with one attached hydrogen (secondary N) is 2. The largest absolute Gasteiger partial charge is 0.385 e. The van der Waals surface area contributed by atoms with Crippen LogP contribution in [0.1, 0.15) is 29.4 Å². The second-order valence-corrected chi connectivity index (χ2v) is 4.63. The van der Waals surface area contributed by atoms with Gasteiger partial charge in [0, 0.05) is 24.1 Å². The van der Waals surface area contributed by atoms with Crippen molar-refractivity contribution in [2.45, 2.75) is 20.3 Å². The average Bonchev–Trinajstić information content (AvgIpc) is 2.48. The maximum atomic E-state index is 12.2. The predicted molar refractivity (Wildman–Crippen MR) is 82.1 cm³/mol. The molecule has 104 valence electrons. The Hall–Kier alpha value is -2.36. The molecule has 0 saturated carbocycles. The van der Waals surface area contributed by atoms with E-state index in [0.717, 1.165) is 29.9 Å². The van der Waals surface area contributed by atoms with Gasteiger partial charge in [0.1, 0.15) is 5.69 Å². The SMILES string of the molecule is CCCNc1ccnc(C(=O)Nc2ccccc2C)c1. The van der Waals surface area contributed by atoms with E-state index in [9.17, 15) is 4.79 Å². The van der Waals surface area contributed by atoms with Gasteiger partial charge in [-0.25, -0.2) is 0 Å². The average molecular weight is 269 g/mol. The third-order valence-electron chi connectivity index (χ3n) is 2.96. The first-order valence-electron chi connectivity index (χ1n) is 6.77. The van der Waals surface area contributed by atoms with E-state index < -0.39 is 0 Å². The van der Waals surface area contributed by atoms with Crippen LogP contribution in [0.25, 0.3) is 0 Å². The zero-order valence-electron chi connectivity index (χ0n) is 11.8. The lowest BCUT2D eigenvalue weighted by Crippen LogP contribution is -2.14. The van der Waals surface area contributed by atoms with E-state index in [0.29, 0.717) is 5.69 Å². The number of pyridine rings is 1. The molecule has 1 amide bonds. The first-order chi connectivity index (χ1) is 9.70. The highest BCUT2D eigenvalue weighted by molar-refractivity contribution is 6.03. The lowest BCUT2D eigenvalue weighted by Gasteiger charge is -2.09. The monoisotopic (exact) mass is 269 g/mol. The van der Waals surface area contributed by atoms with Crippen LogP contribution in [0.2, 0.25) is 0 Å². The van der Waals surface area contributed by atoms with Crippen LogP contribution in [0.5, 0.6) is 0 Å². The van der Waals surface area contributed by atoms with E-state index in [2.05, 4.69) is 22.5 Å². The molecule has 0 atom stereocenters. The van der Waals surface area contributed by atoms with Crippen molar-refractivity contribution in [1.29, 1.82) is 0 Å². The zero-order valence-corrected chi connectivity index (χ0v) is 11.8. The number of anilines is 2. The van der Waals surface area contributed by atoms with Crippen molar-refractivity contribution < 1.29 is 4.79 Å². The van der Waals surface area contributed by atoms with E-state index in [-0.39, 0.29) is 5.91 Å². The summed E-state index contributed by atoms with van der Waals surface area (Å²) in [4.78, 5) is 16.3. The minimum absolute atomic E-state index is 0.195. The summed E-state index contributed by atoms with van der Waals surface area (Å²) in [7, 11) is 0. The second kappa shape index (κ2) is 6.70. The maximum Gasteiger partial charge on any atom is 0.274 e. The van der Waals surface area contributed by atoms with Gasteiger partial charge in [-0.05, 0) is 37.1 Å². The van der Waals surface area contributed by atoms with Crippen LogP contribution in [0, 0.1) is 6.92 Å². The fraction of sp³-hybridized carbons (Fsp3) is 0.250. The van der Waals surface area contributed by atoms with Gasteiger partial charge in [0.2, 0.25) is 0 Å². The molecule has 4 heteroatoms. The van der Waals surface area contributed by atoms with Crippen LogP contribution in [0.4, 0.5) is 11.4 Å². The van der Waals surface area contributed by atoms with Crippen molar-refractivity contribution in [1.82, 2.24) is 4.98 Å². The van der Waals surface area contributed by atoms with Crippen LogP contribution in [-0.2, 0) is 0 Å². The van der Waals surface area contributed by atoms with Crippen molar-refractivity contribution in [3.05, 3.63) is 53.9 Å². The second-order valence-electron chi connectivity index (χ2n) is 4.63. The standard InChI is InChI=1S/C16H19N3O/c1-3-9-17-13-8-10-18-15(11-13)16(20)19-14-7-5-4-6-12(14)2/h4-8,10-11H,3,9H2,1-2H3,(H,17,18)(H,19,20). The topological polar surface area (TPSA) is 54.0 Å². The summed E-state index contributed by atoms with van der Waals surface area (Å²) in [6.07, 6.45) is 2.68. The Kier molecular flexibility index (Phi) is 4.71. The van der Waals surface area contributed by atoms with Crippen LogP contribution in [0.3, 0.4) is 0 Å². The summed E-state index contributed by atoms with van der Waals surface area (Å²) in [5.74, 6) is -0.195. The fourth-order valence-electron chi connectivity index (χ4n) is 1.83. The molecule has 0 spiro atoms. The van der Waals surface area contributed by atoms with Crippen LogP contribution >= 0.6 is 0 Å². The number of para-hydroxylation sites is 1. The van der Waals surface area contributed by atoms with E-state index in [4.69, 9.17) is 0 Å². The molecule has 1 aromatic carbocycles. The van der Waals surface area contributed by atoms with E-state index in [1.165, 1.54) is 0 Å². The van der Waals surface area contributed by atoms with Crippen molar-refractivity contribution in [2.24, 2.45) is 0 Å². The molecule has 0 aliphatic heterocycles. The minimum Gasteiger partial charge on any atom is -0.385 e. The molecule has 0 aliphatic rings. The lowest BCUT2D eigenvalue weighted by molar-refractivity contribution is 0.102. The third-order valence-corrected chi connectivity index (χ3v) is 2.96. The zero-order chi connectivity index (χ0) is 14.4. The van der Waals surface area contributed by atoms with Gasteiger partial charge in [0.15, 0.2) is 0 Å². The molecule has 0 radical (unpaired) electrons. The van der Waals surface area contributed by atoms with Crippen molar-refractivity contribution in [3.63, 3.8) is 0 Å². The van der Waals surface area contributed by atoms with Crippen LogP contribution < -0.4 is 10.6 Å². The van der Waals surface area contributed by atoms with Crippen LogP contribution in [-0.4, -0.2) is 17.4 Å². The molecular weight excluding hydrogens is 250 g/mol. The molecule has 4 nitrogen and oxygen atoms in total.